The van der Waals surface area contributed by atoms with Crippen LogP contribution in [0, 0.1) is 0 Å². The topological polar surface area (TPSA) is 74.4 Å². The van der Waals surface area contributed by atoms with Crippen LogP contribution in [0.5, 0.6) is 0 Å². The van der Waals surface area contributed by atoms with Crippen LogP contribution in [0.3, 0.4) is 0 Å². The second kappa shape index (κ2) is 1.46. The summed E-state index contributed by atoms with van der Waals surface area (Å²) in [7, 11) is 0. The molecule has 38 valence electrons. The zero-order chi connectivity index (χ0) is 5.11. The molecule has 0 atom stereocenters. The first-order valence-corrected chi connectivity index (χ1v) is 1.61. The van der Waals surface area contributed by atoms with Crippen molar-refractivity contribution >= 4 is 0 Å². The highest BCUT2D eigenvalue weighted by atomic mass is 16.6. The van der Waals surface area contributed by atoms with Crippen LogP contribution in [0.2, 0.25) is 0 Å². The molecule has 0 aromatic carbocycles. The van der Waals surface area contributed by atoms with E-state index in [1.165, 1.54) is 6.20 Å². The summed E-state index contributed by atoms with van der Waals surface area (Å²) in [5.41, 5.74) is 0.208. The lowest BCUT2D eigenvalue weighted by Gasteiger charge is -1.60. The van der Waals surface area contributed by atoms with Gasteiger partial charge >= 0.3 is 0 Å². The molecule has 0 saturated carbocycles. The smallest absolute Gasteiger partial charge is 0.222 e. The summed E-state index contributed by atoms with van der Waals surface area (Å²) in [4.78, 5) is 0. The van der Waals surface area contributed by atoms with Gasteiger partial charge < -0.3 is 5.21 Å². The lowest BCUT2D eigenvalue weighted by Crippen LogP contribution is -1.97. The van der Waals surface area contributed by atoms with Crippen molar-refractivity contribution in [3.05, 3.63) is 11.7 Å². The number of hydrogen-bond acceptors (Lipinski definition) is 4. The minimum atomic E-state index is 0.208. The zero-order valence-electron chi connectivity index (χ0n) is 3.33. The quantitative estimate of drug-likeness (QED) is 0.335. The molecule has 1 aromatic heterocycles. The van der Waals surface area contributed by atoms with Gasteiger partial charge in [0.15, 0.2) is 0 Å². The van der Waals surface area contributed by atoms with E-state index < -0.39 is 0 Å². The second-order valence-corrected chi connectivity index (χ2v) is 0.913. The molecule has 0 fully saturated rings. The Balaban J connectivity index is 3.22. The third kappa shape index (κ3) is 0.594. The highest BCUT2D eigenvalue weighted by molar-refractivity contribution is 4.54. The molecule has 1 aromatic rings. The van der Waals surface area contributed by atoms with Crippen LogP contribution in [0.1, 0.15) is 0 Å². The van der Waals surface area contributed by atoms with Gasteiger partial charge in [-0.3, -0.25) is 4.63 Å². The molecule has 0 unspecified atom stereocenters. The Hall–Kier alpha value is -1.26. The predicted octanol–water partition coefficient (Wildman–Crippen LogP) is -0.707. The van der Waals surface area contributed by atoms with Crippen molar-refractivity contribution in [1.82, 2.24) is 10.3 Å². The Bertz CT molecular complexity index is 170. The fraction of sp³-hybridized carbons (Fsp3) is 0. The summed E-state index contributed by atoms with van der Waals surface area (Å²) in [5, 5.41) is 16.0. The van der Waals surface area contributed by atoms with Gasteiger partial charge in [0.2, 0.25) is 5.49 Å². The van der Waals surface area contributed by atoms with E-state index in [-0.39, 0.29) is 5.49 Å². The third-order valence-corrected chi connectivity index (χ3v) is 0.486. The molecule has 5 nitrogen and oxygen atoms in total. The molecular weight excluding hydrogens is 98.0 g/mol. The molecule has 7 heavy (non-hydrogen) atoms. The average Bonchev–Trinajstić information content (AvgIpc) is 2.14. The lowest BCUT2D eigenvalue weighted by atomic mass is 10.9. The highest BCUT2D eigenvalue weighted by Crippen LogP contribution is 1.55. The molecule has 1 heterocycles. The first kappa shape index (κ1) is 3.91. The van der Waals surface area contributed by atoms with Crippen molar-refractivity contribution in [3.63, 3.8) is 0 Å². The van der Waals surface area contributed by atoms with E-state index in [1.54, 1.807) is 0 Å². The SMILES string of the molecule is ON=c1cno[nH]1. The van der Waals surface area contributed by atoms with E-state index in [0.29, 0.717) is 0 Å². The Kier molecular flexibility index (Phi) is 0.816. The molecule has 0 radical (unpaired) electrons. The average molecular weight is 101 g/mol. The standard InChI is InChI=1S/C2H3N3O2/c6-4-2-1-3-7-5-2/h1,6H,(H,4,5). The summed E-state index contributed by atoms with van der Waals surface area (Å²) >= 11 is 0. The molecule has 0 spiro atoms. The van der Waals surface area contributed by atoms with Crippen LogP contribution < -0.4 is 5.49 Å². The van der Waals surface area contributed by atoms with Gasteiger partial charge in [-0.25, -0.2) is 0 Å². The monoisotopic (exact) mass is 101 g/mol. The van der Waals surface area contributed by atoms with Gasteiger partial charge in [-0.15, -0.1) is 0 Å². The fourth-order valence-corrected chi connectivity index (χ4v) is 0.222. The van der Waals surface area contributed by atoms with Crippen LogP contribution in [0.15, 0.2) is 16.0 Å². The van der Waals surface area contributed by atoms with E-state index in [9.17, 15) is 0 Å². The van der Waals surface area contributed by atoms with Gasteiger partial charge in [0.25, 0.3) is 0 Å². The van der Waals surface area contributed by atoms with Crippen molar-refractivity contribution in [2.24, 2.45) is 5.16 Å². The van der Waals surface area contributed by atoms with Crippen molar-refractivity contribution < 1.29 is 9.84 Å². The number of hydrogen-bond donors (Lipinski definition) is 2. The van der Waals surface area contributed by atoms with Crippen molar-refractivity contribution in [2.75, 3.05) is 0 Å². The molecule has 0 aliphatic carbocycles. The lowest BCUT2D eigenvalue weighted by molar-refractivity contribution is 0.273. The Morgan fingerprint density at radius 1 is 2.00 bits per heavy atom. The zero-order valence-corrected chi connectivity index (χ0v) is 3.33. The molecule has 0 amide bonds. The maximum Gasteiger partial charge on any atom is 0.222 e. The van der Waals surface area contributed by atoms with E-state index in [2.05, 4.69) is 20.1 Å². The minimum absolute atomic E-state index is 0.208. The summed E-state index contributed by atoms with van der Waals surface area (Å²) in [5.74, 6) is 0. The van der Waals surface area contributed by atoms with Gasteiger partial charge in [-0.2, -0.15) is 5.16 Å². The minimum Gasteiger partial charge on any atom is -0.409 e. The van der Waals surface area contributed by atoms with Crippen LogP contribution >= 0.6 is 0 Å². The molecule has 1 rings (SSSR count). The highest BCUT2D eigenvalue weighted by Gasteiger charge is 1.75. The van der Waals surface area contributed by atoms with Gasteiger partial charge in [-0.05, 0) is 0 Å². The predicted molar refractivity (Wildman–Crippen MR) is 18.2 cm³/mol. The van der Waals surface area contributed by atoms with Crippen molar-refractivity contribution in [1.29, 1.82) is 0 Å². The Morgan fingerprint density at radius 2 is 2.86 bits per heavy atom. The molecule has 2 N–H and O–H groups in total. The van der Waals surface area contributed by atoms with Crippen LogP contribution in [0.4, 0.5) is 0 Å². The maximum absolute atomic E-state index is 7.92. The van der Waals surface area contributed by atoms with Crippen LogP contribution in [-0.4, -0.2) is 15.5 Å². The summed E-state index contributed by atoms with van der Waals surface area (Å²) in [6, 6.07) is 0. The number of aromatic nitrogens is 2. The van der Waals surface area contributed by atoms with E-state index >= 15 is 0 Å². The normalized spacial score (nSPS) is 12.3. The Morgan fingerprint density at radius 3 is 3.14 bits per heavy atom. The van der Waals surface area contributed by atoms with E-state index in [0.717, 1.165) is 0 Å². The molecule has 0 aliphatic rings. The molecule has 5 heteroatoms. The maximum atomic E-state index is 7.92. The van der Waals surface area contributed by atoms with Gasteiger partial charge in [0.1, 0.15) is 6.20 Å². The van der Waals surface area contributed by atoms with Gasteiger partial charge in [0, 0.05) is 0 Å². The van der Waals surface area contributed by atoms with Crippen LogP contribution in [0.25, 0.3) is 0 Å². The van der Waals surface area contributed by atoms with Gasteiger partial charge in [-0.1, -0.05) is 10.3 Å². The fourth-order valence-electron chi connectivity index (χ4n) is 0.222. The van der Waals surface area contributed by atoms with Crippen molar-refractivity contribution in [2.45, 2.75) is 0 Å². The third-order valence-electron chi connectivity index (χ3n) is 0.486. The van der Waals surface area contributed by atoms with Crippen LogP contribution in [-0.2, 0) is 0 Å². The summed E-state index contributed by atoms with van der Waals surface area (Å²) in [6.45, 7) is 0. The largest absolute Gasteiger partial charge is 0.409 e. The molecular formula is C2H3N3O2. The number of nitrogens with one attached hydrogen (secondary N) is 1. The Labute approximate surface area is 38.2 Å². The molecule has 0 aliphatic heterocycles. The number of rotatable bonds is 0. The second-order valence-electron chi connectivity index (χ2n) is 0.913. The van der Waals surface area contributed by atoms with Gasteiger partial charge in [0.05, 0.1) is 0 Å². The first-order valence-electron chi connectivity index (χ1n) is 1.61. The first-order chi connectivity index (χ1) is 3.43. The number of H-pyrrole nitrogens is 1. The summed E-state index contributed by atoms with van der Waals surface area (Å²) < 4.78 is 4.18. The van der Waals surface area contributed by atoms with Crippen molar-refractivity contribution in [3.8, 4) is 0 Å². The van der Waals surface area contributed by atoms with E-state index in [4.69, 9.17) is 5.21 Å². The van der Waals surface area contributed by atoms with E-state index in [1.807, 2.05) is 0 Å². The molecule has 0 bridgehead atoms. The number of nitrogens with zero attached hydrogens (tertiary/aromatic N) is 2. The molecule has 0 saturated heterocycles. The number of aromatic amines is 1. The summed E-state index contributed by atoms with van der Waals surface area (Å²) in [6.07, 6.45) is 1.25.